The number of carbonyl (C=O) groups excluding carboxylic acids is 1. The standard InChI is InChI=1S/C16H21F3N2O3/c1-23-13-4-3-12(8-14(13)24-10-16(17,18)19)21-15(22)5-2-11-6-7-20-9-11/h3-4,8,11,20H,2,5-7,9-10H2,1H3,(H,21,22). The largest absolute Gasteiger partial charge is 0.493 e. The van der Waals surface area contributed by atoms with Crippen LogP contribution in [0.1, 0.15) is 19.3 Å². The van der Waals surface area contributed by atoms with Crippen molar-refractivity contribution >= 4 is 11.6 Å². The molecule has 1 heterocycles. The maximum Gasteiger partial charge on any atom is 0.422 e. The Bertz CT molecular complexity index is 558. The zero-order chi connectivity index (χ0) is 17.6. The van der Waals surface area contributed by atoms with Crippen LogP contribution in [0.25, 0.3) is 0 Å². The lowest BCUT2D eigenvalue weighted by atomic mass is 10.0. The minimum atomic E-state index is -4.44. The van der Waals surface area contributed by atoms with E-state index in [4.69, 9.17) is 9.47 Å². The first-order valence-electron chi connectivity index (χ1n) is 7.75. The molecule has 0 radical (unpaired) electrons. The zero-order valence-electron chi connectivity index (χ0n) is 13.4. The molecule has 2 N–H and O–H groups in total. The zero-order valence-corrected chi connectivity index (χ0v) is 13.4. The average Bonchev–Trinajstić information content (AvgIpc) is 3.04. The first kappa shape index (κ1) is 18.4. The molecule has 0 aliphatic carbocycles. The van der Waals surface area contributed by atoms with Crippen LogP contribution in [-0.2, 0) is 4.79 Å². The Labute approximate surface area is 138 Å². The van der Waals surface area contributed by atoms with Crippen molar-refractivity contribution in [1.82, 2.24) is 5.32 Å². The third-order valence-corrected chi connectivity index (χ3v) is 3.78. The van der Waals surface area contributed by atoms with Gasteiger partial charge >= 0.3 is 6.18 Å². The Morgan fingerprint density at radius 1 is 1.38 bits per heavy atom. The van der Waals surface area contributed by atoms with Crippen LogP contribution in [0.15, 0.2) is 18.2 Å². The molecule has 1 aromatic carbocycles. The van der Waals surface area contributed by atoms with E-state index in [9.17, 15) is 18.0 Å². The van der Waals surface area contributed by atoms with E-state index in [0.717, 1.165) is 25.9 Å². The molecular weight excluding hydrogens is 325 g/mol. The summed E-state index contributed by atoms with van der Waals surface area (Å²) in [6.45, 7) is 0.478. The Morgan fingerprint density at radius 3 is 2.79 bits per heavy atom. The molecule has 1 aliphatic heterocycles. The summed E-state index contributed by atoms with van der Waals surface area (Å²) < 4.78 is 46.6. The van der Waals surface area contributed by atoms with Crippen LogP contribution < -0.4 is 20.1 Å². The second-order valence-corrected chi connectivity index (χ2v) is 5.72. The van der Waals surface area contributed by atoms with Crippen molar-refractivity contribution in [2.45, 2.75) is 25.4 Å². The van der Waals surface area contributed by atoms with Gasteiger partial charge in [-0.3, -0.25) is 4.79 Å². The summed E-state index contributed by atoms with van der Waals surface area (Å²) in [4.78, 5) is 12.0. The Morgan fingerprint density at radius 2 is 2.17 bits per heavy atom. The molecule has 0 spiro atoms. The van der Waals surface area contributed by atoms with Gasteiger partial charge in [0.05, 0.1) is 7.11 Å². The molecule has 1 aliphatic rings. The van der Waals surface area contributed by atoms with E-state index in [1.807, 2.05) is 0 Å². The molecule has 1 unspecified atom stereocenters. The van der Waals surface area contributed by atoms with Crippen LogP contribution in [-0.4, -0.2) is 38.9 Å². The fourth-order valence-electron chi connectivity index (χ4n) is 2.55. The minimum Gasteiger partial charge on any atom is -0.493 e. The quantitative estimate of drug-likeness (QED) is 0.797. The van der Waals surface area contributed by atoms with Crippen LogP contribution in [0.5, 0.6) is 11.5 Å². The molecule has 0 bridgehead atoms. The predicted octanol–water partition coefficient (Wildman–Crippen LogP) is 2.96. The van der Waals surface area contributed by atoms with Gasteiger partial charge in [-0.25, -0.2) is 0 Å². The van der Waals surface area contributed by atoms with E-state index in [1.54, 1.807) is 6.07 Å². The van der Waals surface area contributed by atoms with Crippen LogP contribution in [0, 0.1) is 5.92 Å². The highest BCUT2D eigenvalue weighted by molar-refractivity contribution is 5.91. The first-order chi connectivity index (χ1) is 11.4. The highest BCUT2D eigenvalue weighted by Crippen LogP contribution is 2.31. The highest BCUT2D eigenvalue weighted by Gasteiger charge is 2.29. The SMILES string of the molecule is COc1ccc(NC(=O)CCC2CCNC2)cc1OCC(F)(F)F. The molecule has 24 heavy (non-hydrogen) atoms. The van der Waals surface area contributed by atoms with E-state index < -0.39 is 12.8 Å². The van der Waals surface area contributed by atoms with Gasteiger partial charge in [0.1, 0.15) is 0 Å². The number of carbonyl (C=O) groups is 1. The van der Waals surface area contributed by atoms with Crippen LogP contribution >= 0.6 is 0 Å². The highest BCUT2D eigenvalue weighted by atomic mass is 19.4. The van der Waals surface area contributed by atoms with E-state index in [1.165, 1.54) is 19.2 Å². The maximum absolute atomic E-state index is 12.3. The number of ether oxygens (including phenoxy) is 2. The first-order valence-corrected chi connectivity index (χ1v) is 7.75. The number of amides is 1. The summed E-state index contributed by atoms with van der Waals surface area (Å²) >= 11 is 0. The molecule has 2 rings (SSSR count). The predicted molar refractivity (Wildman–Crippen MR) is 83.4 cm³/mol. The number of benzene rings is 1. The van der Waals surface area contributed by atoms with Gasteiger partial charge in [-0.05, 0) is 44.0 Å². The summed E-state index contributed by atoms with van der Waals surface area (Å²) in [5, 5.41) is 5.92. The maximum atomic E-state index is 12.3. The number of halogens is 3. The molecule has 1 amide bonds. The van der Waals surface area contributed by atoms with Gasteiger partial charge in [0.2, 0.25) is 5.91 Å². The number of anilines is 1. The molecule has 1 atom stereocenters. The molecule has 1 aromatic rings. The van der Waals surface area contributed by atoms with Crippen LogP contribution in [0.3, 0.4) is 0 Å². The summed E-state index contributed by atoms with van der Waals surface area (Å²) in [7, 11) is 1.34. The van der Waals surface area contributed by atoms with Gasteiger partial charge < -0.3 is 20.1 Å². The van der Waals surface area contributed by atoms with Crippen molar-refractivity contribution in [1.29, 1.82) is 0 Å². The van der Waals surface area contributed by atoms with Crippen molar-refractivity contribution in [3.05, 3.63) is 18.2 Å². The topological polar surface area (TPSA) is 59.6 Å². The smallest absolute Gasteiger partial charge is 0.422 e. The van der Waals surface area contributed by atoms with Crippen molar-refractivity contribution in [2.75, 3.05) is 32.1 Å². The minimum absolute atomic E-state index is 0.0624. The molecule has 1 saturated heterocycles. The number of alkyl halides is 3. The third-order valence-electron chi connectivity index (χ3n) is 3.78. The summed E-state index contributed by atoms with van der Waals surface area (Å²) in [6.07, 6.45) is -2.23. The average molecular weight is 346 g/mol. The van der Waals surface area contributed by atoms with Crippen molar-refractivity contribution in [2.24, 2.45) is 5.92 Å². The third kappa shape index (κ3) is 5.92. The summed E-state index contributed by atoms with van der Waals surface area (Å²) in [5.41, 5.74) is 0.377. The Balaban J connectivity index is 1.92. The van der Waals surface area contributed by atoms with E-state index in [-0.39, 0.29) is 17.4 Å². The van der Waals surface area contributed by atoms with Crippen molar-refractivity contribution in [3.8, 4) is 11.5 Å². The van der Waals surface area contributed by atoms with E-state index >= 15 is 0 Å². The van der Waals surface area contributed by atoms with Gasteiger partial charge in [0.25, 0.3) is 0 Å². The van der Waals surface area contributed by atoms with Crippen LogP contribution in [0.2, 0.25) is 0 Å². The summed E-state index contributed by atoms with van der Waals surface area (Å²) in [6, 6.07) is 4.36. The fourth-order valence-corrected chi connectivity index (χ4v) is 2.55. The molecule has 1 fully saturated rings. The second-order valence-electron chi connectivity index (χ2n) is 5.72. The molecule has 8 heteroatoms. The molecular formula is C16H21F3N2O3. The number of methoxy groups -OCH3 is 1. The monoisotopic (exact) mass is 346 g/mol. The molecule has 134 valence electrons. The van der Waals surface area contributed by atoms with Crippen LogP contribution in [0.4, 0.5) is 18.9 Å². The molecule has 5 nitrogen and oxygen atoms in total. The van der Waals surface area contributed by atoms with Gasteiger partial charge in [-0.1, -0.05) is 0 Å². The summed E-state index contributed by atoms with van der Waals surface area (Å²) in [5.74, 6) is 0.438. The van der Waals surface area contributed by atoms with Gasteiger partial charge in [-0.15, -0.1) is 0 Å². The lowest BCUT2D eigenvalue weighted by Gasteiger charge is -2.14. The fraction of sp³-hybridized carbons (Fsp3) is 0.562. The Kier molecular flexibility index (Phi) is 6.30. The van der Waals surface area contributed by atoms with Gasteiger partial charge in [-0.2, -0.15) is 13.2 Å². The van der Waals surface area contributed by atoms with E-state index in [2.05, 4.69) is 10.6 Å². The van der Waals surface area contributed by atoms with Crippen molar-refractivity contribution < 1.29 is 27.4 Å². The second kappa shape index (κ2) is 8.23. The number of hydrogen-bond acceptors (Lipinski definition) is 4. The van der Waals surface area contributed by atoms with E-state index in [0.29, 0.717) is 18.0 Å². The number of rotatable bonds is 7. The molecule has 0 aromatic heterocycles. The normalized spacial score (nSPS) is 17.6. The lowest BCUT2D eigenvalue weighted by molar-refractivity contribution is -0.153. The number of hydrogen-bond donors (Lipinski definition) is 2. The van der Waals surface area contributed by atoms with Gasteiger partial charge in [0, 0.05) is 18.2 Å². The lowest BCUT2D eigenvalue weighted by Crippen LogP contribution is -2.19. The van der Waals surface area contributed by atoms with Gasteiger partial charge in [0.15, 0.2) is 18.1 Å². The molecule has 0 saturated carbocycles. The number of nitrogens with one attached hydrogen (secondary N) is 2. The Hall–Kier alpha value is -1.96. The van der Waals surface area contributed by atoms with Crippen molar-refractivity contribution in [3.63, 3.8) is 0 Å².